The van der Waals surface area contributed by atoms with Crippen LogP contribution in [0.15, 0.2) is 24.3 Å². The molecule has 2 heterocycles. The van der Waals surface area contributed by atoms with Gasteiger partial charge in [0.25, 0.3) is 0 Å². The second-order valence-electron chi connectivity index (χ2n) is 10.0. The van der Waals surface area contributed by atoms with Crippen molar-refractivity contribution in [3.63, 3.8) is 0 Å². The summed E-state index contributed by atoms with van der Waals surface area (Å²) in [5.41, 5.74) is 2.73. The van der Waals surface area contributed by atoms with E-state index in [-0.39, 0.29) is 29.5 Å². The van der Waals surface area contributed by atoms with Crippen LogP contribution in [0.1, 0.15) is 62.5 Å². The highest BCUT2D eigenvalue weighted by molar-refractivity contribution is 7.91. The molecule has 3 fully saturated rings. The lowest BCUT2D eigenvalue weighted by molar-refractivity contribution is -0.137. The lowest BCUT2D eigenvalue weighted by Crippen LogP contribution is -2.51. The highest BCUT2D eigenvalue weighted by atomic mass is 32.2. The first-order valence-corrected chi connectivity index (χ1v) is 14.0. The smallest absolute Gasteiger partial charge is 0.237 e. The van der Waals surface area contributed by atoms with E-state index in [1.807, 2.05) is 4.90 Å². The number of carbonyl (C=O) groups excluding carboxylic acids is 1. The van der Waals surface area contributed by atoms with Crippen LogP contribution >= 0.6 is 0 Å². The highest BCUT2D eigenvalue weighted by Crippen LogP contribution is 2.30. The zero-order chi connectivity index (χ0) is 21.8. The number of amides is 1. The van der Waals surface area contributed by atoms with Crippen molar-refractivity contribution in [3.8, 4) is 0 Å². The fraction of sp³-hybridized carbons (Fsp3) is 0.720. The Morgan fingerprint density at radius 3 is 2.29 bits per heavy atom. The molecule has 0 bridgehead atoms. The molecule has 1 unspecified atom stereocenters. The zero-order valence-corrected chi connectivity index (χ0v) is 19.8. The molecular weight excluding hydrogens is 408 g/mol. The van der Waals surface area contributed by atoms with Crippen LogP contribution in [0.25, 0.3) is 0 Å². The Morgan fingerprint density at radius 1 is 1.00 bits per heavy atom. The van der Waals surface area contributed by atoms with Gasteiger partial charge in [0.15, 0.2) is 9.84 Å². The van der Waals surface area contributed by atoms with Crippen molar-refractivity contribution in [2.45, 2.75) is 76.8 Å². The summed E-state index contributed by atoms with van der Waals surface area (Å²) in [4.78, 5) is 17.6. The molecule has 0 N–H and O–H groups in total. The number of hydrogen-bond donors (Lipinski definition) is 0. The maximum Gasteiger partial charge on any atom is 0.237 e. The molecule has 1 aromatic rings. The topological polar surface area (TPSA) is 57.7 Å². The molecule has 1 atom stereocenters. The summed E-state index contributed by atoms with van der Waals surface area (Å²) in [6.45, 7) is 4.54. The number of likely N-dealkylation sites (tertiary alicyclic amines) is 1. The molecule has 3 aliphatic rings. The number of carbonyl (C=O) groups is 1. The number of hydrogen-bond acceptors (Lipinski definition) is 4. The monoisotopic (exact) mass is 446 g/mol. The number of aryl methyl sites for hydroxylation is 2. The number of rotatable bonds is 7. The Morgan fingerprint density at radius 2 is 1.68 bits per heavy atom. The fourth-order valence-electron chi connectivity index (χ4n) is 5.71. The predicted molar refractivity (Wildman–Crippen MR) is 125 cm³/mol. The molecule has 1 aromatic carbocycles. The third-order valence-corrected chi connectivity index (χ3v) is 9.39. The Balaban J connectivity index is 1.27. The quantitative estimate of drug-likeness (QED) is 0.642. The van der Waals surface area contributed by atoms with Gasteiger partial charge in [0.05, 0.1) is 18.1 Å². The van der Waals surface area contributed by atoms with Gasteiger partial charge in [-0.25, -0.2) is 8.42 Å². The van der Waals surface area contributed by atoms with Crippen LogP contribution in [0.4, 0.5) is 0 Å². The van der Waals surface area contributed by atoms with Crippen molar-refractivity contribution in [2.75, 3.05) is 31.1 Å². The molecule has 31 heavy (non-hydrogen) atoms. The van der Waals surface area contributed by atoms with Crippen LogP contribution in [0, 0.1) is 12.8 Å². The Kier molecular flexibility index (Phi) is 7.37. The number of sulfone groups is 1. The van der Waals surface area contributed by atoms with Crippen LogP contribution in [0.3, 0.4) is 0 Å². The van der Waals surface area contributed by atoms with Gasteiger partial charge in [-0.3, -0.25) is 9.69 Å². The summed E-state index contributed by atoms with van der Waals surface area (Å²) in [6, 6.07) is 9.00. The van der Waals surface area contributed by atoms with Crippen molar-refractivity contribution >= 4 is 15.7 Å². The zero-order valence-electron chi connectivity index (χ0n) is 19.0. The minimum absolute atomic E-state index is 0.104. The van der Waals surface area contributed by atoms with Crippen LogP contribution in [-0.2, 0) is 21.1 Å². The second kappa shape index (κ2) is 10.0. The van der Waals surface area contributed by atoms with E-state index >= 15 is 0 Å². The summed E-state index contributed by atoms with van der Waals surface area (Å²) in [6.07, 6.45) is 9.65. The van der Waals surface area contributed by atoms with E-state index in [0.29, 0.717) is 13.0 Å². The Labute approximate surface area is 188 Å². The van der Waals surface area contributed by atoms with Crippen molar-refractivity contribution < 1.29 is 13.2 Å². The molecular formula is C25H38N2O3S. The highest BCUT2D eigenvalue weighted by Gasteiger charge is 2.39. The molecule has 0 radical (unpaired) electrons. The van der Waals surface area contributed by atoms with Gasteiger partial charge in [0.2, 0.25) is 5.91 Å². The Bertz CT molecular complexity index is 838. The van der Waals surface area contributed by atoms with Gasteiger partial charge in [-0.05, 0) is 76.4 Å². The molecule has 1 aliphatic carbocycles. The summed E-state index contributed by atoms with van der Waals surface area (Å²) in [7, 11) is -2.98. The molecule has 1 amide bonds. The average Bonchev–Trinajstić information content (AvgIpc) is 3.39. The van der Waals surface area contributed by atoms with Gasteiger partial charge in [-0.15, -0.1) is 0 Å². The van der Waals surface area contributed by atoms with Crippen molar-refractivity contribution in [2.24, 2.45) is 5.92 Å². The minimum atomic E-state index is -2.98. The molecule has 172 valence electrons. The standard InChI is InChI=1S/C25H38N2O3S/c1-20-6-8-21(9-7-20)10-11-22-12-15-26(16-13-22)18-25(28)27(23-4-2-3-5-23)24-14-17-31(29,30)19-24/h6-9,22-24H,2-5,10-19H2,1H3. The molecule has 0 spiro atoms. The van der Waals surface area contributed by atoms with Gasteiger partial charge < -0.3 is 4.90 Å². The van der Waals surface area contributed by atoms with E-state index in [0.717, 1.165) is 64.0 Å². The molecule has 2 aliphatic heterocycles. The lowest BCUT2D eigenvalue weighted by Gasteiger charge is -2.37. The summed E-state index contributed by atoms with van der Waals surface area (Å²) < 4.78 is 24.1. The molecule has 1 saturated carbocycles. The fourth-order valence-corrected chi connectivity index (χ4v) is 7.43. The molecule has 2 saturated heterocycles. The Hall–Kier alpha value is -1.40. The second-order valence-corrected chi connectivity index (χ2v) is 12.3. The van der Waals surface area contributed by atoms with Crippen LogP contribution in [0.5, 0.6) is 0 Å². The third-order valence-electron chi connectivity index (χ3n) is 7.64. The van der Waals surface area contributed by atoms with E-state index < -0.39 is 9.84 Å². The maximum atomic E-state index is 13.3. The minimum Gasteiger partial charge on any atom is -0.335 e. The van der Waals surface area contributed by atoms with E-state index in [2.05, 4.69) is 36.1 Å². The van der Waals surface area contributed by atoms with Crippen molar-refractivity contribution in [3.05, 3.63) is 35.4 Å². The van der Waals surface area contributed by atoms with Gasteiger partial charge in [0, 0.05) is 12.1 Å². The number of piperidine rings is 1. The first-order chi connectivity index (χ1) is 14.9. The van der Waals surface area contributed by atoms with E-state index in [1.54, 1.807) is 0 Å². The van der Waals surface area contributed by atoms with Gasteiger partial charge in [-0.2, -0.15) is 0 Å². The molecule has 4 rings (SSSR count). The normalized spacial score (nSPS) is 25.1. The van der Waals surface area contributed by atoms with Crippen LogP contribution in [0.2, 0.25) is 0 Å². The first-order valence-electron chi connectivity index (χ1n) is 12.2. The van der Waals surface area contributed by atoms with Crippen LogP contribution in [-0.4, -0.2) is 67.3 Å². The van der Waals surface area contributed by atoms with E-state index in [1.165, 1.54) is 17.5 Å². The van der Waals surface area contributed by atoms with Gasteiger partial charge in [-0.1, -0.05) is 42.7 Å². The third kappa shape index (κ3) is 6.10. The van der Waals surface area contributed by atoms with E-state index in [4.69, 9.17) is 0 Å². The van der Waals surface area contributed by atoms with E-state index in [9.17, 15) is 13.2 Å². The number of benzene rings is 1. The van der Waals surface area contributed by atoms with Crippen molar-refractivity contribution in [1.82, 2.24) is 9.80 Å². The first kappa shape index (κ1) is 22.8. The van der Waals surface area contributed by atoms with Gasteiger partial charge in [0.1, 0.15) is 0 Å². The summed E-state index contributed by atoms with van der Waals surface area (Å²) >= 11 is 0. The largest absolute Gasteiger partial charge is 0.335 e. The summed E-state index contributed by atoms with van der Waals surface area (Å²) in [5.74, 6) is 1.29. The maximum absolute atomic E-state index is 13.3. The SMILES string of the molecule is Cc1ccc(CCC2CCN(CC(=O)N(C3CCCC3)C3CCS(=O)(=O)C3)CC2)cc1. The predicted octanol–water partition coefficient (Wildman–Crippen LogP) is 3.60. The average molecular weight is 447 g/mol. The molecule has 0 aromatic heterocycles. The number of nitrogens with zero attached hydrogens (tertiary/aromatic N) is 2. The summed E-state index contributed by atoms with van der Waals surface area (Å²) in [5, 5.41) is 0. The van der Waals surface area contributed by atoms with Crippen molar-refractivity contribution in [1.29, 1.82) is 0 Å². The lowest BCUT2D eigenvalue weighted by atomic mass is 9.90. The molecule has 6 heteroatoms. The molecule has 5 nitrogen and oxygen atoms in total. The van der Waals surface area contributed by atoms with Gasteiger partial charge >= 0.3 is 0 Å². The van der Waals surface area contributed by atoms with Crippen LogP contribution < -0.4 is 0 Å².